The molecule has 0 radical (unpaired) electrons. The fraction of sp³-hybridized carbons (Fsp3) is 0.476. The van der Waals surface area contributed by atoms with Crippen LogP contribution in [0.3, 0.4) is 0 Å². The summed E-state index contributed by atoms with van der Waals surface area (Å²) < 4.78 is 7.58. The second-order valence-electron chi connectivity index (χ2n) is 8.32. The molecule has 3 heterocycles. The largest absolute Gasteiger partial charge is 0.444 e. The van der Waals surface area contributed by atoms with Gasteiger partial charge in [-0.1, -0.05) is 12.1 Å². The number of amides is 1. The number of carbonyl (C=O) groups is 1. The molecule has 1 aromatic heterocycles. The predicted molar refractivity (Wildman–Crippen MR) is 108 cm³/mol. The Morgan fingerprint density at radius 3 is 2.54 bits per heavy atom. The first kappa shape index (κ1) is 18.5. The Kier molecular flexibility index (Phi) is 4.61. The molecule has 1 aromatic carbocycles. The summed E-state index contributed by atoms with van der Waals surface area (Å²) in [5.74, 6) is 0.762. The third-order valence-corrected chi connectivity index (χ3v) is 5.08. The summed E-state index contributed by atoms with van der Waals surface area (Å²) in [4.78, 5) is 32.9. The molecule has 148 valence electrons. The summed E-state index contributed by atoms with van der Waals surface area (Å²) in [5.41, 5.74) is 1.36. The first-order chi connectivity index (χ1) is 13.3. The van der Waals surface area contributed by atoms with Crippen molar-refractivity contribution in [2.75, 3.05) is 26.2 Å². The molecule has 0 unspecified atom stereocenters. The third-order valence-electron chi connectivity index (χ3n) is 5.08. The van der Waals surface area contributed by atoms with Crippen LogP contribution < -0.4 is 5.56 Å². The summed E-state index contributed by atoms with van der Waals surface area (Å²) in [6.45, 7) is 9.17. The predicted octanol–water partition coefficient (Wildman–Crippen LogP) is 2.69. The van der Waals surface area contributed by atoms with Gasteiger partial charge in [-0.25, -0.2) is 4.79 Å². The van der Waals surface area contributed by atoms with Crippen LogP contribution in [0.25, 0.3) is 16.5 Å². The van der Waals surface area contributed by atoms with Crippen molar-refractivity contribution in [3.8, 4) is 0 Å². The molecule has 28 heavy (non-hydrogen) atoms. The third kappa shape index (κ3) is 3.61. The van der Waals surface area contributed by atoms with E-state index in [9.17, 15) is 9.59 Å². The van der Waals surface area contributed by atoms with Crippen molar-refractivity contribution < 1.29 is 9.53 Å². The van der Waals surface area contributed by atoms with Gasteiger partial charge in [-0.15, -0.1) is 0 Å². The van der Waals surface area contributed by atoms with Gasteiger partial charge in [-0.05, 0) is 39.3 Å². The quantitative estimate of drug-likeness (QED) is 0.759. The second kappa shape index (κ2) is 6.96. The molecule has 7 heteroatoms. The van der Waals surface area contributed by atoms with Gasteiger partial charge >= 0.3 is 6.09 Å². The number of carbonyl (C=O) groups excluding carboxylic acids is 1. The van der Waals surface area contributed by atoms with E-state index in [1.54, 1.807) is 4.90 Å². The minimum Gasteiger partial charge on any atom is -0.444 e. The monoisotopic (exact) mass is 382 g/mol. The van der Waals surface area contributed by atoms with Crippen LogP contribution in [0.4, 0.5) is 4.79 Å². The Balaban J connectivity index is 1.50. The normalized spacial score (nSPS) is 18.6. The molecule has 1 amide bonds. The molecule has 7 nitrogen and oxygen atoms in total. The number of piperazine rings is 1. The van der Waals surface area contributed by atoms with E-state index in [2.05, 4.69) is 20.7 Å². The van der Waals surface area contributed by atoms with Crippen LogP contribution in [0, 0.1) is 0 Å². The fourth-order valence-electron chi connectivity index (χ4n) is 3.74. The van der Waals surface area contributed by atoms with E-state index in [0.717, 1.165) is 43.0 Å². The average molecular weight is 382 g/mol. The molecule has 0 bridgehead atoms. The van der Waals surface area contributed by atoms with Crippen LogP contribution in [-0.2, 0) is 11.3 Å². The van der Waals surface area contributed by atoms with Gasteiger partial charge in [0.05, 0.1) is 10.9 Å². The summed E-state index contributed by atoms with van der Waals surface area (Å²) in [6.07, 6.45) is 2.70. The highest BCUT2D eigenvalue weighted by atomic mass is 16.6. The Morgan fingerprint density at radius 1 is 1.11 bits per heavy atom. The Bertz CT molecular complexity index is 995. The van der Waals surface area contributed by atoms with E-state index in [1.165, 1.54) is 0 Å². The van der Waals surface area contributed by atoms with E-state index < -0.39 is 5.60 Å². The molecule has 4 rings (SSSR count). The molecular formula is C21H26N4O3. The van der Waals surface area contributed by atoms with Crippen molar-refractivity contribution >= 4 is 22.6 Å². The lowest BCUT2D eigenvalue weighted by Crippen LogP contribution is -2.48. The lowest BCUT2D eigenvalue weighted by molar-refractivity contribution is 0.0177. The zero-order valence-electron chi connectivity index (χ0n) is 16.6. The lowest BCUT2D eigenvalue weighted by Gasteiger charge is -2.35. The first-order valence-electron chi connectivity index (χ1n) is 9.74. The summed E-state index contributed by atoms with van der Waals surface area (Å²) in [6, 6.07) is 7.63. The molecular weight excluding hydrogens is 356 g/mol. The SMILES string of the molecule is CC(C)(C)OC(=O)N1CCN(/C=C2\CCn3c2nc(=O)c2ccccc23)CC1. The molecule has 1 fully saturated rings. The van der Waals surface area contributed by atoms with Crippen molar-refractivity contribution in [2.45, 2.75) is 39.3 Å². The maximum absolute atomic E-state index is 12.4. The molecule has 2 aliphatic heterocycles. The number of hydrogen-bond acceptors (Lipinski definition) is 5. The van der Waals surface area contributed by atoms with Gasteiger partial charge in [-0.2, -0.15) is 4.98 Å². The van der Waals surface area contributed by atoms with Crippen molar-refractivity contribution in [3.63, 3.8) is 0 Å². The number of aromatic nitrogens is 2. The smallest absolute Gasteiger partial charge is 0.410 e. The number of fused-ring (bicyclic) bond motifs is 3. The fourth-order valence-corrected chi connectivity index (χ4v) is 3.74. The highest BCUT2D eigenvalue weighted by molar-refractivity contribution is 5.81. The van der Waals surface area contributed by atoms with Crippen molar-refractivity contribution in [1.29, 1.82) is 0 Å². The zero-order chi connectivity index (χ0) is 19.9. The number of ether oxygens (including phenoxy) is 1. The summed E-state index contributed by atoms with van der Waals surface area (Å²) >= 11 is 0. The standard InChI is InChI=1S/C21H26N4O3/c1-21(2,3)28-20(27)24-12-10-23(11-13-24)14-15-8-9-25-17-7-5-4-6-16(17)19(26)22-18(15)25/h4-7,14H,8-13H2,1-3H3/b15-14+. The van der Waals surface area contributed by atoms with Crippen LogP contribution in [0.1, 0.15) is 33.0 Å². The van der Waals surface area contributed by atoms with Crippen LogP contribution in [0.15, 0.2) is 35.3 Å². The molecule has 2 aromatic rings. The molecule has 1 saturated heterocycles. The Labute approximate surface area is 164 Å². The van der Waals surface area contributed by atoms with Crippen LogP contribution in [0.5, 0.6) is 0 Å². The maximum Gasteiger partial charge on any atom is 0.410 e. The summed E-state index contributed by atoms with van der Waals surface area (Å²) in [5, 5.41) is 0.665. The molecule has 0 spiro atoms. The number of nitrogens with zero attached hydrogens (tertiary/aromatic N) is 4. The average Bonchev–Trinajstić information content (AvgIpc) is 3.04. The number of para-hydroxylation sites is 1. The molecule has 0 N–H and O–H groups in total. The van der Waals surface area contributed by atoms with Gasteiger partial charge in [-0.3, -0.25) is 4.79 Å². The highest BCUT2D eigenvalue weighted by Gasteiger charge is 2.26. The highest BCUT2D eigenvalue weighted by Crippen LogP contribution is 2.28. The van der Waals surface area contributed by atoms with Crippen LogP contribution >= 0.6 is 0 Å². The van der Waals surface area contributed by atoms with Crippen LogP contribution in [-0.4, -0.2) is 57.2 Å². The van der Waals surface area contributed by atoms with Crippen molar-refractivity contribution in [1.82, 2.24) is 19.4 Å². The van der Waals surface area contributed by atoms with Gasteiger partial charge in [0.25, 0.3) is 5.56 Å². The van der Waals surface area contributed by atoms with Gasteiger partial charge < -0.3 is 19.1 Å². The number of rotatable bonds is 1. The number of aryl methyl sites for hydroxylation is 1. The van der Waals surface area contributed by atoms with E-state index in [0.29, 0.717) is 18.5 Å². The van der Waals surface area contributed by atoms with E-state index >= 15 is 0 Å². The van der Waals surface area contributed by atoms with E-state index in [1.807, 2.05) is 45.0 Å². The molecule has 2 aliphatic rings. The topological polar surface area (TPSA) is 67.7 Å². The Hall–Kier alpha value is -2.83. The Morgan fingerprint density at radius 2 is 1.82 bits per heavy atom. The summed E-state index contributed by atoms with van der Waals surface area (Å²) in [7, 11) is 0. The second-order valence-corrected chi connectivity index (χ2v) is 8.32. The van der Waals surface area contributed by atoms with E-state index in [4.69, 9.17) is 4.74 Å². The number of hydrogen-bond donors (Lipinski definition) is 0. The minimum absolute atomic E-state index is 0.176. The van der Waals surface area contributed by atoms with Gasteiger partial charge in [0.2, 0.25) is 0 Å². The van der Waals surface area contributed by atoms with Crippen LogP contribution in [0.2, 0.25) is 0 Å². The molecule has 0 atom stereocenters. The molecule has 0 aliphatic carbocycles. The van der Waals surface area contributed by atoms with Gasteiger partial charge in [0, 0.05) is 44.5 Å². The van der Waals surface area contributed by atoms with Gasteiger partial charge in [0.1, 0.15) is 11.4 Å². The number of benzene rings is 1. The minimum atomic E-state index is -0.481. The maximum atomic E-state index is 12.4. The first-order valence-corrected chi connectivity index (χ1v) is 9.74. The van der Waals surface area contributed by atoms with Crippen molar-refractivity contribution in [2.24, 2.45) is 0 Å². The number of allylic oxidation sites excluding steroid dienone is 1. The van der Waals surface area contributed by atoms with Crippen molar-refractivity contribution in [3.05, 3.63) is 46.6 Å². The lowest BCUT2D eigenvalue weighted by atomic mass is 10.2. The molecule has 0 saturated carbocycles. The zero-order valence-corrected chi connectivity index (χ0v) is 16.6. The van der Waals surface area contributed by atoms with Gasteiger partial charge in [0.15, 0.2) is 0 Å². The van der Waals surface area contributed by atoms with E-state index in [-0.39, 0.29) is 11.7 Å².